The second kappa shape index (κ2) is 5.52. The average Bonchev–Trinajstić information content (AvgIpc) is 2.90. The van der Waals surface area contributed by atoms with Gasteiger partial charge in [0.15, 0.2) is 0 Å². The molecule has 0 saturated carbocycles. The molecule has 1 heterocycles. The molecule has 0 spiro atoms. The fourth-order valence-electron chi connectivity index (χ4n) is 2.34. The number of hydrogen-bond acceptors (Lipinski definition) is 2. The van der Waals surface area contributed by atoms with E-state index in [0.717, 1.165) is 11.1 Å². The van der Waals surface area contributed by atoms with Crippen LogP contribution in [0, 0.1) is 5.82 Å². The van der Waals surface area contributed by atoms with Gasteiger partial charge in [-0.3, -0.25) is 0 Å². The highest BCUT2D eigenvalue weighted by Gasteiger charge is 2.13. The summed E-state index contributed by atoms with van der Waals surface area (Å²) in [5.74, 6) is -0.326. The molecule has 1 aromatic heterocycles. The van der Waals surface area contributed by atoms with Crippen molar-refractivity contribution in [2.24, 2.45) is 5.73 Å². The van der Waals surface area contributed by atoms with Gasteiger partial charge in [0.1, 0.15) is 5.82 Å². The molecule has 4 heteroatoms. The van der Waals surface area contributed by atoms with E-state index in [0.29, 0.717) is 11.4 Å². The van der Waals surface area contributed by atoms with Gasteiger partial charge >= 0.3 is 0 Å². The maximum absolute atomic E-state index is 13.1. The van der Waals surface area contributed by atoms with Crippen LogP contribution in [0.2, 0.25) is 5.02 Å². The molecule has 1 atom stereocenters. The first-order chi connectivity index (χ1) is 9.65. The minimum atomic E-state index is -0.326. The molecular weight excluding hydrogens is 293 g/mol. The Morgan fingerprint density at radius 3 is 2.85 bits per heavy atom. The van der Waals surface area contributed by atoms with Crippen molar-refractivity contribution in [2.75, 3.05) is 0 Å². The predicted molar refractivity (Wildman–Crippen MR) is 83.9 cm³/mol. The van der Waals surface area contributed by atoms with Crippen molar-refractivity contribution in [1.82, 2.24) is 0 Å². The van der Waals surface area contributed by atoms with Crippen LogP contribution in [-0.4, -0.2) is 0 Å². The third-order valence-corrected chi connectivity index (χ3v) is 4.69. The normalized spacial score (nSPS) is 12.8. The molecule has 0 amide bonds. The summed E-state index contributed by atoms with van der Waals surface area (Å²) >= 11 is 7.75. The van der Waals surface area contributed by atoms with Crippen LogP contribution >= 0.6 is 22.9 Å². The predicted octanol–water partition coefficient (Wildman–Crippen LogP) is 4.94. The molecule has 2 aromatic carbocycles. The van der Waals surface area contributed by atoms with E-state index in [-0.39, 0.29) is 11.9 Å². The monoisotopic (exact) mass is 305 g/mol. The smallest absolute Gasteiger partial charge is 0.124 e. The molecule has 1 nitrogen and oxygen atoms in total. The van der Waals surface area contributed by atoms with Gasteiger partial charge in [0.05, 0.1) is 0 Å². The summed E-state index contributed by atoms with van der Waals surface area (Å²) in [4.78, 5) is 0. The Morgan fingerprint density at radius 1 is 1.20 bits per heavy atom. The molecule has 0 aliphatic heterocycles. The van der Waals surface area contributed by atoms with Crippen LogP contribution in [0.15, 0.2) is 47.8 Å². The number of thiophene rings is 1. The van der Waals surface area contributed by atoms with Crippen LogP contribution in [0.25, 0.3) is 10.1 Å². The van der Waals surface area contributed by atoms with Gasteiger partial charge in [0.25, 0.3) is 0 Å². The zero-order valence-electron chi connectivity index (χ0n) is 10.6. The minimum absolute atomic E-state index is 0.152. The number of fused-ring (bicyclic) bond motifs is 1. The van der Waals surface area contributed by atoms with E-state index in [1.54, 1.807) is 17.4 Å². The SMILES string of the molecule is NC(Cc1ccc(F)cc1Cl)c1cccc2ccsc12. The highest BCUT2D eigenvalue weighted by molar-refractivity contribution is 7.17. The molecule has 0 aliphatic carbocycles. The number of halogens is 2. The number of nitrogens with two attached hydrogens (primary N) is 1. The van der Waals surface area contributed by atoms with Crippen molar-refractivity contribution in [1.29, 1.82) is 0 Å². The van der Waals surface area contributed by atoms with E-state index in [4.69, 9.17) is 17.3 Å². The van der Waals surface area contributed by atoms with Crippen LogP contribution in [0.3, 0.4) is 0 Å². The lowest BCUT2D eigenvalue weighted by Crippen LogP contribution is -2.13. The molecule has 20 heavy (non-hydrogen) atoms. The lowest BCUT2D eigenvalue weighted by atomic mass is 9.98. The van der Waals surface area contributed by atoms with Gasteiger partial charge in [-0.15, -0.1) is 11.3 Å². The first-order valence-corrected chi connectivity index (χ1v) is 7.56. The van der Waals surface area contributed by atoms with Gasteiger partial charge in [-0.1, -0.05) is 35.9 Å². The second-order valence-corrected chi connectivity index (χ2v) is 6.06. The molecule has 0 aliphatic rings. The Hall–Kier alpha value is -1.42. The summed E-state index contributed by atoms with van der Waals surface area (Å²) in [5.41, 5.74) is 8.29. The Morgan fingerprint density at radius 2 is 2.05 bits per heavy atom. The first kappa shape index (κ1) is 13.6. The van der Waals surface area contributed by atoms with E-state index in [1.165, 1.54) is 22.2 Å². The summed E-state index contributed by atoms with van der Waals surface area (Å²) in [6.45, 7) is 0. The van der Waals surface area contributed by atoms with E-state index in [9.17, 15) is 4.39 Å². The molecule has 1 unspecified atom stereocenters. The Bertz CT molecular complexity index is 753. The van der Waals surface area contributed by atoms with Gasteiger partial charge in [-0.2, -0.15) is 0 Å². The average molecular weight is 306 g/mol. The van der Waals surface area contributed by atoms with Crippen LogP contribution < -0.4 is 5.73 Å². The lowest BCUT2D eigenvalue weighted by Gasteiger charge is -2.14. The highest BCUT2D eigenvalue weighted by atomic mass is 35.5. The topological polar surface area (TPSA) is 26.0 Å². The third kappa shape index (κ3) is 2.57. The van der Waals surface area contributed by atoms with Gasteiger partial charge in [0.2, 0.25) is 0 Å². The maximum atomic E-state index is 13.1. The Labute approximate surface area is 125 Å². The molecule has 0 bridgehead atoms. The number of rotatable bonds is 3. The molecule has 2 N–H and O–H groups in total. The van der Waals surface area contributed by atoms with Crippen LogP contribution in [-0.2, 0) is 6.42 Å². The van der Waals surface area contributed by atoms with E-state index in [1.807, 2.05) is 12.1 Å². The minimum Gasteiger partial charge on any atom is -0.324 e. The molecule has 0 radical (unpaired) electrons. The van der Waals surface area contributed by atoms with Crippen molar-refractivity contribution in [3.05, 3.63) is 69.8 Å². The van der Waals surface area contributed by atoms with Gasteiger partial charge in [-0.05, 0) is 46.5 Å². The maximum Gasteiger partial charge on any atom is 0.124 e. The fraction of sp³-hybridized carbons (Fsp3) is 0.125. The van der Waals surface area contributed by atoms with Crippen LogP contribution in [0.4, 0.5) is 4.39 Å². The third-order valence-electron chi connectivity index (χ3n) is 3.36. The summed E-state index contributed by atoms with van der Waals surface area (Å²) in [6, 6.07) is 12.5. The summed E-state index contributed by atoms with van der Waals surface area (Å²) in [5, 5.41) is 3.69. The van der Waals surface area contributed by atoms with Crippen molar-refractivity contribution in [3.63, 3.8) is 0 Å². The lowest BCUT2D eigenvalue weighted by molar-refractivity contribution is 0.626. The molecule has 3 aromatic rings. The summed E-state index contributed by atoms with van der Waals surface area (Å²) in [7, 11) is 0. The fourth-order valence-corrected chi connectivity index (χ4v) is 3.57. The molecule has 0 fully saturated rings. The van der Waals surface area contributed by atoms with Crippen molar-refractivity contribution < 1.29 is 4.39 Å². The Balaban J connectivity index is 1.93. The van der Waals surface area contributed by atoms with Crippen molar-refractivity contribution in [2.45, 2.75) is 12.5 Å². The molecule has 102 valence electrons. The largest absolute Gasteiger partial charge is 0.324 e. The zero-order chi connectivity index (χ0) is 14.1. The zero-order valence-corrected chi connectivity index (χ0v) is 12.2. The highest BCUT2D eigenvalue weighted by Crippen LogP contribution is 2.30. The standard InChI is InChI=1S/C16H13ClFNS/c17-14-9-12(18)5-4-11(14)8-15(19)13-3-1-2-10-6-7-20-16(10)13/h1-7,9,15H,8,19H2. The first-order valence-electron chi connectivity index (χ1n) is 6.31. The molecular formula is C16H13ClFNS. The Kier molecular flexibility index (Phi) is 3.74. The van der Waals surface area contributed by atoms with Crippen molar-refractivity contribution >= 4 is 33.0 Å². The number of benzene rings is 2. The quantitative estimate of drug-likeness (QED) is 0.729. The molecule has 3 rings (SSSR count). The van der Waals surface area contributed by atoms with E-state index in [2.05, 4.69) is 17.5 Å². The van der Waals surface area contributed by atoms with E-state index >= 15 is 0 Å². The van der Waals surface area contributed by atoms with Crippen LogP contribution in [0.5, 0.6) is 0 Å². The second-order valence-electron chi connectivity index (χ2n) is 4.73. The van der Waals surface area contributed by atoms with Crippen molar-refractivity contribution in [3.8, 4) is 0 Å². The molecule has 0 saturated heterocycles. The number of hydrogen-bond donors (Lipinski definition) is 1. The van der Waals surface area contributed by atoms with E-state index < -0.39 is 0 Å². The van der Waals surface area contributed by atoms with Gasteiger partial charge < -0.3 is 5.73 Å². The summed E-state index contributed by atoms with van der Waals surface area (Å²) in [6.07, 6.45) is 0.593. The van der Waals surface area contributed by atoms with Gasteiger partial charge in [-0.25, -0.2) is 4.39 Å². The summed E-state index contributed by atoms with van der Waals surface area (Å²) < 4.78 is 14.3. The van der Waals surface area contributed by atoms with Crippen LogP contribution in [0.1, 0.15) is 17.2 Å². The van der Waals surface area contributed by atoms with Gasteiger partial charge in [0, 0.05) is 15.8 Å².